The van der Waals surface area contributed by atoms with E-state index in [1.54, 1.807) is 12.1 Å². The van der Waals surface area contributed by atoms with E-state index in [4.69, 9.17) is 23.2 Å². The van der Waals surface area contributed by atoms with Crippen molar-refractivity contribution in [3.8, 4) is 0 Å². The van der Waals surface area contributed by atoms with Gasteiger partial charge in [-0.15, -0.1) is 0 Å². The summed E-state index contributed by atoms with van der Waals surface area (Å²) in [5, 5.41) is 8.64. The summed E-state index contributed by atoms with van der Waals surface area (Å²) < 4.78 is 4.41. The van der Waals surface area contributed by atoms with Gasteiger partial charge < -0.3 is 10.6 Å². The molecule has 1 aliphatic rings. The summed E-state index contributed by atoms with van der Waals surface area (Å²) in [7, 11) is 0. The fourth-order valence-corrected chi connectivity index (χ4v) is 4.07. The second kappa shape index (κ2) is 9.58. The van der Waals surface area contributed by atoms with E-state index in [1.165, 1.54) is 56.5 Å². The normalized spacial score (nSPS) is 16.8. The van der Waals surface area contributed by atoms with Crippen molar-refractivity contribution in [1.29, 1.82) is 0 Å². The maximum atomic E-state index is 6.05. The first-order valence-corrected chi connectivity index (χ1v) is 10.6. The van der Waals surface area contributed by atoms with Crippen molar-refractivity contribution in [2.75, 3.05) is 5.32 Å². The Hall–Kier alpha value is -1.30. The van der Waals surface area contributed by atoms with Crippen LogP contribution in [0.1, 0.15) is 57.7 Å². The fraction of sp³-hybridized carbons (Fsp3) is 0.474. The van der Waals surface area contributed by atoms with Gasteiger partial charge in [0, 0.05) is 35.0 Å². The Morgan fingerprint density at radius 3 is 2.58 bits per heavy atom. The number of hydrogen-bond donors (Lipinski definition) is 2. The van der Waals surface area contributed by atoms with E-state index in [0.717, 1.165) is 16.5 Å². The van der Waals surface area contributed by atoms with Gasteiger partial charge in [-0.05, 0) is 38.0 Å². The summed E-state index contributed by atoms with van der Waals surface area (Å²) >= 11 is 13.3. The molecule has 0 radical (unpaired) electrons. The highest BCUT2D eigenvalue weighted by Gasteiger charge is 2.11. The smallest absolute Gasteiger partial charge is 0.207 e. The summed E-state index contributed by atoms with van der Waals surface area (Å²) in [6, 6.07) is 5.98. The van der Waals surface area contributed by atoms with E-state index in [-0.39, 0.29) is 0 Å². The summed E-state index contributed by atoms with van der Waals surface area (Å²) in [6.07, 6.45) is 11.2. The molecule has 4 nitrogen and oxygen atoms in total. The molecule has 1 aromatic carbocycles. The molecular formula is C19H24Cl2N4S. The zero-order chi connectivity index (χ0) is 18.4. The molecule has 0 bridgehead atoms. The lowest BCUT2D eigenvalue weighted by Gasteiger charge is -2.22. The van der Waals surface area contributed by atoms with Crippen molar-refractivity contribution in [2.45, 2.75) is 57.9 Å². The molecule has 1 saturated carbocycles. The molecule has 1 heterocycles. The van der Waals surface area contributed by atoms with Crippen molar-refractivity contribution in [3.63, 3.8) is 0 Å². The van der Waals surface area contributed by atoms with Crippen LogP contribution in [-0.2, 0) is 0 Å². The maximum Gasteiger partial charge on any atom is 0.207 e. The number of aromatic nitrogens is 2. The van der Waals surface area contributed by atoms with E-state index in [0.29, 0.717) is 21.9 Å². The van der Waals surface area contributed by atoms with Gasteiger partial charge >= 0.3 is 0 Å². The van der Waals surface area contributed by atoms with Gasteiger partial charge in [0.1, 0.15) is 0 Å². The van der Waals surface area contributed by atoms with Crippen molar-refractivity contribution in [1.82, 2.24) is 14.7 Å². The molecule has 140 valence electrons. The molecule has 0 aliphatic heterocycles. The minimum absolute atomic E-state index is 0.514. The molecule has 2 aromatic rings. The molecule has 1 aliphatic carbocycles. The second-order valence-corrected chi connectivity index (χ2v) is 8.29. The number of nitrogens with zero attached hydrogens (tertiary/aromatic N) is 2. The quantitative estimate of drug-likeness (QED) is 0.578. The molecule has 1 aromatic heterocycles. The lowest BCUT2D eigenvalue weighted by molar-refractivity contribution is 0.413. The first kappa shape index (κ1) is 19.5. The number of anilines is 2. The summed E-state index contributed by atoms with van der Waals surface area (Å²) in [5.41, 5.74) is 1.96. The molecular weight excluding hydrogens is 387 g/mol. The van der Waals surface area contributed by atoms with E-state index < -0.39 is 0 Å². The molecule has 0 amide bonds. The lowest BCUT2D eigenvalue weighted by atomic mass is 9.96. The highest BCUT2D eigenvalue weighted by Crippen LogP contribution is 2.27. The molecule has 3 rings (SSSR count). The van der Waals surface area contributed by atoms with Crippen LogP contribution in [0.25, 0.3) is 6.08 Å². The van der Waals surface area contributed by atoms with Crippen molar-refractivity contribution in [2.24, 2.45) is 0 Å². The second-order valence-electron chi connectivity index (χ2n) is 6.73. The van der Waals surface area contributed by atoms with Gasteiger partial charge in [0.05, 0.1) is 10.0 Å². The Morgan fingerprint density at radius 2 is 1.85 bits per heavy atom. The molecule has 0 unspecified atom stereocenters. The van der Waals surface area contributed by atoms with Gasteiger partial charge in [0.2, 0.25) is 5.13 Å². The van der Waals surface area contributed by atoms with Crippen LogP contribution in [0.15, 0.2) is 23.9 Å². The van der Waals surface area contributed by atoms with Gasteiger partial charge in [-0.1, -0.05) is 55.3 Å². The predicted octanol–water partition coefficient (Wildman–Crippen LogP) is 6.65. The monoisotopic (exact) mass is 410 g/mol. The van der Waals surface area contributed by atoms with Gasteiger partial charge in [-0.2, -0.15) is 9.36 Å². The van der Waals surface area contributed by atoms with E-state index in [1.807, 2.05) is 12.1 Å². The van der Waals surface area contributed by atoms with Crippen LogP contribution in [0.4, 0.5) is 10.8 Å². The zero-order valence-corrected chi connectivity index (χ0v) is 17.2. The average molecular weight is 411 g/mol. The van der Waals surface area contributed by atoms with Crippen LogP contribution >= 0.6 is 34.7 Å². The number of rotatable bonds is 5. The standard InChI is InChI=1S/C19H24Cl2N4S/c1-13(22-14-7-5-3-2-4-6-8-14)11-18-24-19(26-25-18)23-15-9-10-16(20)17(21)12-15/h9-12,14,22H,2-8H2,1H3,(H,23,24,25)/b13-11+. The van der Waals surface area contributed by atoms with Crippen molar-refractivity contribution < 1.29 is 0 Å². The number of hydrogen-bond acceptors (Lipinski definition) is 5. The largest absolute Gasteiger partial charge is 0.386 e. The van der Waals surface area contributed by atoms with Crippen LogP contribution in [0.2, 0.25) is 10.0 Å². The summed E-state index contributed by atoms with van der Waals surface area (Å²) in [6.45, 7) is 2.09. The number of benzene rings is 1. The van der Waals surface area contributed by atoms with Crippen LogP contribution < -0.4 is 10.6 Å². The highest BCUT2D eigenvalue weighted by atomic mass is 35.5. The average Bonchev–Trinajstić information content (AvgIpc) is 3.00. The number of halogens is 2. The first-order chi connectivity index (χ1) is 12.6. The Morgan fingerprint density at radius 1 is 1.12 bits per heavy atom. The SMILES string of the molecule is C/C(=C\c1nsc(Nc2ccc(Cl)c(Cl)c2)n1)NC1CCCCCCC1. The number of nitrogens with one attached hydrogen (secondary N) is 2. The van der Waals surface area contributed by atoms with Gasteiger partial charge in [0.25, 0.3) is 0 Å². The minimum atomic E-state index is 0.514. The predicted molar refractivity (Wildman–Crippen MR) is 113 cm³/mol. The minimum Gasteiger partial charge on any atom is -0.386 e. The van der Waals surface area contributed by atoms with Crippen molar-refractivity contribution in [3.05, 3.63) is 39.8 Å². The Labute approximate surface area is 169 Å². The highest BCUT2D eigenvalue weighted by molar-refractivity contribution is 7.09. The molecule has 0 atom stereocenters. The topological polar surface area (TPSA) is 49.8 Å². The number of allylic oxidation sites excluding steroid dienone is 1. The molecule has 0 saturated heterocycles. The lowest BCUT2D eigenvalue weighted by Crippen LogP contribution is -2.28. The van der Waals surface area contributed by atoms with Gasteiger partial charge in [-0.25, -0.2) is 0 Å². The summed E-state index contributed by atoms with van der Waals surface area (Å²) in [4.78, 5) is 4.53. The zero-order valence-electron chi connectivity index (χ0n) is 14.9. The van der Waals surface area contributed by atoms with Gasteiger partial charge in [0.15, 0.2) is 5.82 Å². The van der Waals surface area contributed by atoms with Crippen LogP contribution in [0.3, 0.4) is 0 Å². The van der Waals surface area contributed by atoms with E-state index >= 15 is 0 Å². The van der Waals surface area contributed by atoms with Crippen LogP contribution in [0.5, 0.6) is 0 Å². The Balaban J connectivity index is 1.59. The van der Waals surface area contributed by atoms with E-state index in [2.05, 4.69) is 26.9 Å². The molecule has 1 fully saturated rings. The molecule has 0 spiro atoms. The van der Waals surface area contributed by atoms with E-state index in [9.17, 15) is 0 Å². The van der Waals surface area contributed by atoms with Crippen molar-refractivity contribution >= 4 is 51.6 Å². The fourth-order valence-electron chi connectivity index (χ4n) is 3.20. The van der Waals surface area contributed by atoms with Crippen LogP contribution in [-0.4, -0.2) is 15.4 Å². The van der Waals surface area contributed by atoms with Gasteiger partial charge in [-0.3, -0.25) is 0 Å². The molecule has 2 N–H and O–H groups in total. The Bertz CT molecular complexity index is 752. The third kappa shape index (κ3) is 5.86. The first-order valence-electron chi connectivity index (χ1n) is 9.11. The molecule has 7 heteroatoms. The molecule has 26 heavy (non-hydrogen) atoms. The summed E-state index contributed by atoms with van der Waals surface area (Å²) in [5.74, 6) is 0.716. The maximum absolute atomic E-state index is 6.05. The third-order valence-corrected chi connectivity index (χ3v) is 5.88. The third-order valence-electron chi connectivity index (χ3n) is 4.50. The Kier molecular flexibility index (Phi) is 7.17. The van der Waals surface area contributed by atoms with Crippen LogP contribution in [0, 0.1) is 0 Å².